The minimum Gasteiger partial charge on any atom is -0.342 e. The number of fused-ring (bicyclic) bond motifs is 1. The van der Waals surface area contributed by atoms with Crippen LogP contribution in [0.25, 0.3) is 0 Å². The van der Waals surface area contributed by atoms with E-state index >= 15 is 0 Å². The Hall–Kier alpha value is -2.51. The molecule has 0 spiro atoms. The Bertz CT molecular complexity index is 815. The van der Waals surface area contributed by atoms with Gasteiger partial charge in [0.25, 0.3) is 0 Å². The van der Waals surface area contributed by atoms with Gasteiger partial charge in [0.05, 0.1) is 5.92 Å². The molecule has 0 saturated carbocycles. The number of aromatic nitrogens is 5. The second kappa shape index (κ2) is 6.90. The second-order valence-electron chi connectivity index (χ2n) is 7.83. The maximum atomic E-state index is 12.8. The van der Waals surface area contributed by atoms with Gasteiger partial charge in [-0.25, -0.2) is 9.97 Å². The van der Waals surface area contributed by atoms with Crippen molar-refractivity contribution in [1.29, 1.82) is 0 Å². The molecule has 8 nitrogen and oxygen atoms in total. The summed E-state index contributed by atoms with van der Waals surface area (Å²) in [5.41, 5.74) is 0. The lowest BCUT2D eigenvalue weighted by Crippen LogP contribution is -2.38. The third-order valence-electron chi connectivity index (χ3n) is 6.13. The van der Waals surface area contributed by atoms with E-state index in [0.29, 0.717) is 11.8 Å². The zero-order valence-corrected chi connectivity index (χ0v) is 15.5. The fourth-order valence-electron chi connectivity index (χ4n) is 4.65. The molecule has 0 bridgehead atoms. The first-order valence-electron chi connectivity index (χ1n) is 10.0. The SMILES string of the molecule is O=C([C@@H]1CCc2nnc([C@H]3CCN(c4ncccn4)C3)n2C1)N1CCCC1. The minimum absolute atomic E-state index is 0.0697. The lowest BCUT2D eigenvalue weighted by Gasteiger charge is -2.28. The van der Waals surface area contributed by atoms with Gasteiger partial charge in [0.2, 0.25) is 11.9 Å². The van der Waals surface area contributed by atoms with E-state index in [1.807, 2.05) is 11.0 Å². The third-order valence-corrected chi connectivity index (χ3v) is 6.13. The van der Waals surface area contributed by atoms with E-state index in [4.69, 9.17) is 0 Å². The Kier molecular flexibility index (Phi) is 4.26. The molecule has 2 atom stereocenters. The van der Waals surface area contributed by atoms with E-state index in [1.54, 1.807) is 12.4 Å². The molecule has 2 fully saturated rings. The Morgan fingerprint density at radius 3 is 2.63 bits per heavy atom. The molecular weight excluding hydrogens is 342 g/mol. The molecule has 2 aromatic rings. The maximum absolute atomic E-state index is 12.8. The lowest BCUT2D eigenvalue weighted by molar-refractivity contribution is -0.135. The molecule has 2 saturated heterocycles. The zero-order chi connectivity index (χ0) is 18.2. The number of likely N-dealkylation sites (tertiary alicyclic amines) is 1. The van der Waals surface area contributed by atoms with E-state index in [9.17, 15) is 4.79 Å². The van der Waals surface area contributed by atoms with Crippen LogP contribution >= 0.6 is 0 Å². The number of carbonyl (C=O) groups is 1. The standard InChI is InChI=1S/C19H25N7O/c27-18(24-9-1-2-10-24)15-4-5-16-22-23-17(26(16)13-15)14-6-11-25(12-14)19-20-7-3-8-21-19/h3,7-8,14-15H,1-2,4-6,9-13H2/t14-,15+/m0/s1. The Morgan fingerprint density at radius 2 is 1.81 bits per heavy atom. The first-order valence-corrected chi connectivity index (χ1v) is 10.0. The topological polar surface area (TPSA) is 80.0 Å². The summed E-state index contributed by atoms with van der Waals surface area (Å²) in [5.74, 6) is 3.55. The number of hydrogen-bond acceptors (Lipinski definition) is 6. The van der Waals surface area contributed by atoms with Crippen LogP contribution in [0.1, 0.15) is 43.3 Å². The number of rotatable bonds is 3. The van der Waals surface area contributed by atoms with Crippen molar-refractivity contribution in [2.75, 3.05) is 31.1 Å². The van der Waals surface area contributed by atoms with E-state index < -0.39 is 0 Å². The number of carbonyl (C=O) groups excluding carboxylic acids is 1. The summed E-state index contributed by atoms with van der Waals surface area (Å²) < 4.78 is 2.22. The van der Waals surface area contributed by atoms with Crippen molar-refractivity contribution >= 4 is 11.9 Å². The summed E-state index contributed by atoms with van der Waals surface area (Å²) >= 11 is 0. The first-order chi connectivity index (χ1) is 13.3. The van der Waals surface area contributed by atoms with Gasteiger partial charge in [-0.1, -0.05) is 0 Å². The van der Waals surface area contributed by atoms with Crippen molar-refractivity contribution < 1.29 is 4.79 Å². The zero-order valence-electron chi connectivity index (χ0n) is 15.5. The van der Waals surface area contributed by atoms with Crippen LogP contribution in [-0.2, 0) is 17.8 Å². The van der Waals surface area contributed by atoms with E-state index in [1.165, 1.54) is 0 Å². The number of aryl methyl sites for hydroxylation is 1. The van der Waals surface area contributed by atoms with Crippen LogP contribution in [0.5, 0.6) is 0 Å². The van der Waals surface area contributed by atoms with Gasteiger partial charge < -0.3 is 14.4 Å². The molecule has 3 aliphatic rings. The molecule has 0 aromatic carbocycles. The van der Waals surface area contributed by atoms with Crippen LogP contribution in [-0.4, -0.2) is 61.7 Å². The normalized spacial score (nSPS) is 25.0. The second-order valence-corrected chi connectivity index (χ2v) is 7.83. The van der Waals surface area contributed by atoms with Crippen molar-refractivity contribution in [1.82, 2.24) is 29.6 Å². The first kappa shape index (κ1) is 16.6. The average Bonchev–Trinajstić information content (AvgIpc) is 3.47. The highest BCUT2D eigenvalue weighted by Gasteiger charge is 2.35. The third kappa shape index (κ3) is 3.07. The van der Waals surface area contributed by atoms with Crippen LogP contribution in [0.3, 0.4) is 0 Å². The van der Waals surface area contributed by atoms with Gasteiger partial charge in [0, 0.05) is 57.5 Å². The van der Waals surface area contributed by atoms with Gasteiger partial charge in [0.1, 0.15) is 11.6 Å². The van der Waals surface area contributed by atoms with Crippen LogP contribution < -0.4 is 4.90 Å². The van der Waals surface area contributed by atoms with E-state index in [0.717, 1.165) is 82.4 Å². The minimum atomic E-state index is 0.0697. The molecule has 0 N–H and O–H groups in total. The highest BCUT2D eigenvalue weighted by atomic mass is 16.2. The van der Waals surface area contributed by atoms with Gasteiger partial charge in [-0.3, -0.25) is 4.79 Å². The van der Waals surface area contributed by atoms with Gasteiger partial charge in [-0.05, 0) is 31.7 Å². The molecule has 0 unspecified atom stereocenters. The summed E-state index contributed by atoms with van der Waals surface area (Å²) in [6, 6.07) is 1.84. The molecule has 5 heterocycles. The highest BCUT2D eigenvalue weighted by molar-refractivity contribution is 5.79. The van der Waals surface area contributed by atoms with Crippen LogP contribution in [0.4, 0.5) is 5.95 Å². The molecule has 0 aliphatic carbocycles. The van der Waals surface area contributed by atoms with Crippen molar-refractivity contribution in [2.24, 2.45) is 5.92 Å². The van der Waals surface area contributed by atoms with Gasteiger partial charge in [-0.15, -0.1) is 10.2 Å². The van der Waals surface area contributed by atoms with Gasteiger partial charge >= 0.3 is 0 Å². The van der Waals surface area contributed by atoms with E-state index in [2.05, 4.69) is 29.6 Å². The van der Waals surface area contributed by atoms with Crippen LogP contribution in [0.15, 0.2) is 18.5 Å². The number of amides is 1. The van der Waals surface area contributed by atoms with Crippen molar-refractivity contribution in [2.45, 2.75) is 44.6 Å². The molecular formula is C19H25N7O. The summed E-state index contributed by atoms with van der Waals surface area (Å²) in [4.78, 5) is 25.8. The fraction of sp³-hybridized carbons (Fsp3) is 0.632. The molecule has 5 rings (SSSR count). The number of anilines is 1. The lowest BCUT2D eigenvalue weighted by atomic mass is 9.97. The molecule has 27 heavy (non-hydrogen) atoms. The molecule has 2 aromatic heterocycles. The monoisotopic (exact) mass is 367 g/mol. The summed E-state index contributed by atoms with van der Waals surface area (Å²) in [5, 5.41) is 8.95. The van der Waals surface area contributed by atoms with Gasteiger partial charge in [0.15, 0.2) is 0 Å². The molecule has 0 radical (unpaired) electrons. The predicted octanol–water partition coefficient (Wildman–Crippen LogP) is 1.25. The summed E-state index contributed by atoms with van der Waals surface area (Å²) in [6.07, 6.45) is 8.59. The molecule has 142 valence electrons. The largest absolute Gasteiger partial charge is 0.342 e. The van der Waals surface area contributed by atoms with E-state index in [-0.39, 0.29) is 5.92 Å². The quantitative estimate of drug-likeness (QED) is 0.812. The Morgan fingerprint density at radius 1 is 1.00 bits per heavy atom. The van der Waals surface area contributed by atoms with Crippen molar-refractivity contribution in [3.05, 3.63) is 30.1 Å². The molecule has 8 heteroatoms. The smallest absolute Gasteiger partial charge is 0.227 e. The number of hydrogen-bond donors (Lipinski definition) is 0. The van der Waals surface area contributed by atoms with Crippen LogP contribution in [0, 0.1) is 5.92 Å². The average molecular weight is 367 g/mol. The molecule has 1 amide bonds. The van der Waals surface area contributed by atoms with Gasteiger partial charge in [-0.2, -0.15) is 0 Å². The highest BCUT2D eigenvalue weighted by Crippen LogP contribution is 2.31. The maximum Gasteiger partial charge on any atom is 0.227 e. The Labute approximate surface area is 158 Å². The predicted molar refractivity (Wildman–Crippen MR) is 99.3 cm³/mol. The Balaban J connectivity index is 1.32. The number of nitrogens with zero attached hydrogens (tertiary/aromatic N) is 7. The van der Waals surface area contributed by atoms with Crippen molar-refractivity contribution in [3.8, 4) is 0 Å². The van der Waals surface area contributed by atoms with Crippen molar-refractivity contribution in [3.63, 3.8) is 0 Å². The molecule has 3 aliphatic heterocycles. The summed E-state index contributed by atoms with van der Waals surface area (Å²) in [7, 11) is 0. The fourth-order valence-corrected chi connectivity index (χ4v) is 4.65. The summed E-state index contributed by atoms with van der Waals surface area (Å²) in [6.45, 7) is 4.35. The van der Waals surface area contributed by atoms with Crippen LogP contribution in [0.2, 0.25) is 0 Å².